The summed E-state index contributed by atoms with van der Waals surface area (Å²) in [6, 6.07) is 0. The number of carbonyl (C=O) groups excluding carboxylic acids is 2. The Hall–Kier alpha value is -1.50. The molecule has 2 saturated carbocycles. The molecule has 4 unspecified atom stereocenters. The largest absolute Gasteiger partial charge is 0.464 e. The van der Waals surface area contributed by atoms with Crippen LogP contribution in [0.3, 0.4) is 0 Å². The molecule has 0 aromatic heterocycles. The van der Waals surface area contributed by atoms with Crippen molar-refractivity contribution in [1.29, 1.82) is 0 Å². The second-order valence-corrected chi connectivity index (χ2v) is 10.9. The topological polar surface area (TPSA) is 161 Å². The summed E-state index contributed by atoms with van der Waals surface area (Å²) < 4.78 is 70.1. The van der Waals surface area contributed by atoms with Gasteiger partial charge in [-0.15, -0.1) is 0 Å². The Morgan fingerprint density at radius 2 is 1.86 bits per heavy atom. The SMILES string of the molecule is CC(CS(=O)(=O)O)OC(=O)/C=C\C12CCC(C1)C(CC(=O)OCCS(=O)(=O)O)C2. The minimum Gasteiger partial charge on any atom is -0.464 e. The first-order chi connectivity index (χ1) is 13.3. The van der Waals surface area contributed by atoms with Crippen LogP contribution in [0.5, 0.6) is 0 Å². The number of hydrogen-bond donors (Lipinski definition) is 2. The first kappa shape index (κ1) is 23.8. The predicted octanol–water partition coefficient (Wildman–Crippen LogP) is 0.990. The van der Waals surface area contributed by atoms with Crippen LogP contribution in [0.1, 0.15) is 39.0 Å². The molecule has 0 aromatic rings. The van der Waals surface area contributed by atoms with Crippen molar-refractivity contribution in [3.63, 3.8) is 0 Å². The molecule has 0 amide bonds. The van der Waals surface area contributed by atoms with Crippen LogP contribution in [0.15, 0.2) is 12.2 Å². The van der Waals surface area contributed by atoms with E-state index in [0.717, 1.165) is 19.3 Å². The summed E-state index contributed by atoms with van der Waals surface area (Å²) in [5.41, 5.74) is -0.241. The normalized spacial score (nSPS) is 27.8. The van der Waals surface area contributed by atoms with Gasteiger partial charge in [0, 0.05) is 12.5 Å². The van der Waals surface area contributed by atoms with Gasteiger partial charge in [-0.1, -0.05) is 6.08 Å². The van der Waals surface area contributed by atoms with Gasteiger partial charge in [0.15, 0.2) is 0 Å². The highest BCUT2D eigenvalue weighted by molar-refractivity contribution is 7.86. The van der Waals surface area contributed by atoms with Gasteiger partial charge in [-0.3, -0.25) is 13.9 Å². The molecule has 12 heteroatoms. The van der Waals surface area contributed by atoms with Gasteiger partial charge in [-0.2, -0.15) is 16.8 Å². The number of allylic oxidation sites excluding steroid dienone is 1. The van der Waals surface area contributed by atoms with Crippen LogP contribution in [0.2, 0.25) is 0 Å². The highest BCUT2D eigenvalue weighted by Gasteiger charge is 2.49. The fraction of sp³-hybridized carbons (Fsp3) is 0.765. The zero-order chi connectivity index (χ0) is 21.9. The van der Waals surface area contributed by atoms with Crippen molar-refractivity contribution in [3.05, 3.63) is 12.2 Å². The van der Waals surface area contributed by atoms with Crippen LogP contribution in [-0.2, 0) is 39.3 Å². The quantitative estimate of drug-likeness (QED) is 0.276. The zero-order valence-electron chi connectivity index (χ0n) is 16.0. The van der Waals surface area contributed by atoms with Gasteiger partial charge in [-0.25, -0.2) is 4.79 Å². The van der Waals surface area contributed by atoms with Crippen molar-refractivity contribution in [1.82, 2.24) is 0 Å². The van der Waals surface area contributed by atoms with Gasteiger partial charge in [-0.05, 0) is 49.9 Å². The van der Waals surface area contributed by atoms with E-state index in [-0.39, 0.29) is 17.8 Å². The maximum atomic E-state index is 11.9. The van der Waals surface area contributed by atoms with Crippen LogP contribution in [0, 0.1) is 17.3 Å². The summed E-state index contributed by atoms with van der Waals surface area (Å²) in [7, 11) is -8.41. The minimum absolute atomic E-state index is 0.0566. The molecule has 2 N–H and O–H groups in total. The molecule has 0 spiro atoms. The summed E-state index contributed by atoms with van der Waals surface area (Å²) in [4.78, 5) is 23.8. The second-order valence-electron chi connectivity index (χ2n) is 7.87. The first-order valence-corrected chi connectivity index (χ1v) is 12.4. The molecule has 2 aliphatic carbocycles. The molecule has 0 saturated heterocycles. The second kappa shape index (κ2) is 9.11. The summed E-state index contributed by atoms with van der Waals surface area (Å²) in [5.74, 6) is -2.20. The van der Waals surface area contributed by atoms with Crippen molar-refractivity contribution in [3.8, 4) is 0 Å². The molecule has 0 aromatic carbocycles. The number of fused-ring (bicyclic) bond motifs is 2. The number of rotatable bonds is 10. The standard InChI is InChI=1S/C17H26O10S2/c1-12(11-29(23,24)25)27-15(18)3-5-17-4-2-13(9-17)14(10-17)8-16(19)26-6-7-28(20,21)22/h3,5,12-14H,2,4,6-11H2,1H3,(H,20,21,22)(H,23,24,25)/b5-3-. The summed E-state index contributed by atoms with van der Waals surface area (Å²) in [6.45, 7) is 0.969. The number of esters is 2. The van der Waals surface area contributed by atoms with Crippen molar-refractivity contribution < 1.29 is 45.0 Å². The maximum Gasteiger partial charge on any atom is 0.330 e. The van der Waals surface area contributed by atoms with E-state index in [0.29, 0.717) is 12.3 Å². The minimum atomic E-state index is -4.24. The highest BCUT2D eigenvalue weighted by Crippen LogP contribution is 2.58. The Balaban J connectivity index is 1.83. The van der Waals surface area contributed by atoms with E-state index >= 15 is 0 Å². The van der Waals surface area contributed by atoms with Crippen LogP contribution < -0.4 is 0 Å². The van der Waals surface area contributed by atoms with Gasteiger partial charge >= 0.3 is 11.9 Å². The molecule has 2 bridgehead atoms. The molecule has 2 rings (SSSR count). The fourth-order valence-electron chi connectivity index (χ4n) is 4.28. The molecule has 0 radical (unpaired) electrons. The Morgan fingerprint density at radius 1 is 1.17 bits per heavy atom. The van der Waals surface area contributed by atoms with Gasteiger partial charge in [0.1, 0.15) is 24.2 Å². The van der Waals surface area contributed by atoms with Gasteiger partial charge < -0.3 is 9.47 Å². The van der Waals surface area contributed by atoms with Crippen molar-refractivity contribution in [2.75, 3.05) is 18.1 Å². The van der Waals surface area contributed by atoms with E-state index in [4.69, 9.17) is 18.6 Å². The number of carbonyl (C=O) groups is 2. The summed E-state index contributed by atoms with van der Waals surface area (Å²) in [6.07, 6.45) is 5.40. The monoisotopic (exact) mass is 454 g/mol. The van der Waals surface area contributed by atoms with E-state index in [1.54, 1.807) is 6.08 Å². The maximum absolute atomic E-state index is 11.9. The van der Waals surface area contributed by atoms with E-state index in [2.05, 4.69) is 0 Å². The van der Waals surface area contributed by atoms with Crippen molar-refractivity contribution in [2.24, 2.45) is 17.3 Å². The lowest BCUT2D eigenvalue weighted by atomic mass is 9.78. The molecule has 29 heavy (non-hydrogen) atoms. The molecule has 166 valence electrons. The van der Waals surface area contributed by atoms with E-state index in [1.165, 1.54) is 13.0 Å². The van der Waals surface area contributed by atoms with Crippen LogP contribution in [0.4, 0.5) is 0 Å². The third-order valence-electron chi connectivity index (χ3n) is 5.39. The van der Waals surface area contributed by atoms with Gasteiger partial charge in [0.2, 0.25) is 0 Å². The first-order valence-electron chi connectivity index (χ1n) is 9.23. The smallest absolute Gasteiger partial charge is 0.330 e. The van der Waals surface area contributed by atoms with Crippen molar-refractivity contribution >= 4 is 32.2 Å². The van der Waals surface area contributed by atoms with Gasteiger partial charge in [0.05, 0.1) is 0 Å². The molecule has 0 aliphatic heterocycles. The fourth-order valence-corrected chi connectivity index (χ4v) is 5.24. The highest BCUT2D eigenvalue weighted by atomic mass is 32.2. The molecule has 0 heterocycles. The van der Waals surface area contributed by atoms with Crippen molar-refractivity contribution in [2.45, 2.75) is 45.1 Å². The van der Waals surface area contributed by atoms with E-state index < -0.39 is 56.4 Å². The Labute approximate surface area is 170 Å². The molecular weight excluding hydrogens is 428 g/mol. The van der Waals surface area contributed by atoms with E-state index in [9.17, 15) is 26.4 Å². The lowest BCUT2D eigenvalue weighted by Gasteiger charge is -2.27. The third kappa shape index (κ3) is 8.03. The molecule has 10 nitrogen and oxygen atoms in total. The Morgan fingerprint density at radius 3 is 2.48 bits per heavy atom. The summed E-state index contributed by atoms with van der Waals surface area (Å²) in [5, 5.41) is 0. The zero-order valence-corrected chi connectivity index (χ0v) is 17.7. The van der Waals surface area contributed by atoms with Crippen LogP contribution >= 0.6 is 0 Å². The molecular formula is C17H26O10S2. The average molecular weight is 455 g/mol. The van der Waals surface area contributed by atoms with Gasteiger partial charge in [0.25, 0.3) is 20.2 Å². The predicted molar refractivity (Wildman–Crippen MR) is 101 cm³/mol. The molecule has 4 atom stereocenters. The van der Waals surface area contributed by atoms with Crippen LogP contribution in [-0.4, -0.2) is 62.1 Å². The molecule has 2 aliphatic rings. The third-order valence-corrected chi connectivity index (χ3v) is 6.96. The lowest BCUT2D eigenvalue weighted by molar-refractivity contribution is -0.144. The van der Waals surface area contributed by atoms with E-state index in [1.807, 2.05) is 0 Å². The lowest BCUT2D eigenvalue weighted by Crippen LogP contribution is -2.23. The number of hydrogen-bond acceptors (Lipinski definition) is 8. The molecule has 2 fully saturated rings. The Bertz CT molecular complexity index is 861. The Kier molecular flexibility index (Phi) is 7.47. The average Bonchev–Trinajstić information content (AvgIpc) is 3.08. The van der Waals surface area contributed by atoms with Crippen LogP contribution in [0.25, 0.3) is 0 Å². The summed E-state index contributed by atoms with van der Waals surface area (Å²) >= 11 is 0. The number of ether oxygens (including phenoxy) is 2.